The molecule has 0 bridgehead atoms. The van der Waals surface area contributed by atoms with Crippen molar-refractivity contribution in [2.45, 2.75) is 64.0 Å². The van der Waals surface area contributed by atoms with E-state index in [1.165, 1.54) is 11.1 Å². The first kappa shape index (κ1) is 22.2. The molecule has 152 valence electrons. The number of nitrogens with one attached hydrogen (secondary N) is 1. The zero-order valence-corrected chi connectivity index (χ0v) is 18.1. The van der Waals surface area contributed by atoms with Crippen molar-refractivity contribution < 1.29 is 13.2 Å². The van der Waals surface area contributed by atoms with Crippen LogP contribution in [0, 0.1) is 0 Å². The number of sulfone groups is 1. The predicted octanol–water partition coefficient (Wildman–Crippen LogP) is 4.32. The largest absolute Gasteiger partial charge is 0.350 e. The molecule has 4 nitrogen and oxygen atoms in total. The van der Waals surface area contributed by atoms with Crippen molar-refractivity contribution in [3.8, 4) is 0 Å². The summed E-state index contributed by atoms with van der Waals surface area (Å²) in [5, 5.41) is 2.61. The highest BCUT2D eigenvalue weighted by molar-refractivity contribution is 7.91. The predicted molar refractivity (Wildman–Crippen MR) is 115 cm³/mol. The normalized spacial score (nSPS) is 12.8. The lowest BCUT2D eigenvalue weighted by Crippen LogP contribution is -2.31. The third-order valence-electron chi connectivity index (χ3n) is 5.02. The van der Waals surface area contributed by atoms with E-state index in [-0.39, 0.29) is 23.0 Å². The minimum Gasteiger partial charge on any atom is -0.350 e. The molecule has 1 N–H and O–H groups in total. The zero-order valence-electron chi connectivity index (χ0n) is 17.2. The maximum absolute atomic E-state index is 12.1. The SMILES string of the molecule is CCC(C)NC(=O)c1ccc(CCc2ccc(CS(=O)(=O)C(C)C)cc2)cc1. The van der Waals surface area contributed by atoms with Gasteiger partial charge >= 0.3 is 0 Å². The van der Waals surface area contributed by atoms with Gasteiger partial charge in [0.2, 0.25) is 0 Å². The summed E-state index contributed by atoms with van der Waals surface area (Å²) in [4.78, 5) is 12.1. The molecule has 5 heteroatoms. The van der Waals surface area contributed by atoms with Gasteiger partial charge in [0, 0.05) is 11.6 Å². The van der Waals surface area contributed by atoms with Gasteiger partial charge in [-0.15, -0.1) is 0 Å². The van der Waals surface area contributed by atoms with Gasteiger partial charge in [0.05, 0.1) is 11.0 Å². The van der Waals surface area contributed by atoms with Crippen molar-refractivity contribution in [1.29, 1.82) is 0 Å². The number of aryl methyl sites for hydroxylation is 2. The van der Waals surface area contributed by atoms with E-state index < -0.39 is 9.84 Å². The Labute approximate surface area is 169 Å². The number of rotatable bonds is 9. The standard InChI is InChI=1S/C23H31NO3S/c1-5-18(4)24-23(25)22-14-12-20(13-15-22)7-6-19-8-10-21(11-9-19)16-28(26,27)17(2)3/h8-15,17-18H,5-7,16H2,1-4H3,(H,24,25). The minimum absolute atomic E-state index is 0.0344. The van der Waals surface area contributed by atoms with Crippen LogP contribution in [0.25, 0.3) is 0 Å². The molecule has 0 aliphatic heterocycles. The van der Waals surface area contributed by atoms with Crippen LogP contribution < -0.4 is 5.32 Å². The first-order valence-corrected chi connectivity index (χ1v) is 11.6. The van der Waals surface area contributed by atoms with Crippen molar-refractivity contribution in [3.05, 3.63) is 70.8 Å². The lowest BCUT2D eigenvalue weighted by molar-refractivity contribution is 0.0939. The second kappa shape index (κ2) is 9.87. The van der Waals surface area contributed by atoms with Gasteiger partial charge in [0.25, 0.3) is 5.91 Å². The van der Waals surface area contributed by atoms with E-state index in [9.17, 15) is 13.2 Å². The van der Waals surface area contributed by atoms with Crippen molar-refractivity contribution in [2.24, 2.45) is 0 Å². The molecule has 1 atom stereocenters. The highest BCUT2D eigenvalue weighted by Crippen LogP contribution is 2.14. The molecule has 1 unspecified atom stereocenters. The Morgan fingerprint density at radius 3 is 1.79 bits per heavy atom. The quantitative estimate of drug-likeness (QED) is 0.680. The third-order valence-corrected chi connectivity index (χ3v) is 7.19. The summed E-state index contributed by atoms with van der Waals surface area (Å²) in [5.74, 6) is 0.0540. The smallest absolute Gasteiger partial charge is 0.251 e. The van der Waals surface area contributed by atoms with Gasteiger partial charge in [-0.1, -0.05) is 43.3 Å². The molecule has 0 fully saturated rings. The Balaban J connectivity index is 1.91. The molecule has 0 saturated carbocycles. The molecule has 0 aromatic heterocycles. The molecule has 1 amide bonds. The molecule has 0 radical (unpaired) electrons. The Morgan fingerprint density at radius 2 is 1.32 bits per heavy atom. The van der Waals surface area contributed by atoms with Crippen LogP contribution in [0.2, 0.25) is 0 Å². The molecule has 2 aromatic carbocycles. The highest BCUT2D eigenvalue weighted by atomic mass is 32.2. The number of amides is 1. The monoisotopic (exact) mass is 401 g/mol. The van der Waals surface area contributed by atoms with Crippen molar-refractivity contribution in [1.82, 2.24) is 5.32 Å². The number of hydrogen-bond donors (Lipinski definition) is 1. The van der Waals surface area contributed by atoms with Gasteiger partial charge in [0.15, 0.2) is 9.84 Å². The van der Waals surface area contributed by atoms with Crippen LogP contribution in [0.3, 0.4) is 0 Å². The first-order valence-electron chi connectivity index (χ1n) is 9.90. The van der Waals surface area contributed by atoms with E-state index in [0.717, 1.165) is 24.8 Å². The number of carbonyl (C=O) groups is 1. The molecular formula is C23H31NO3S. The second-order valence-corrected chi connectivity index (χ2v) is 10.2. The van der Waals surface area contributed by atoms with Crippen LogP contribution in [0.15, 0.2) is 48.5 Å². The Morgan fingerprint density at radius 1 is 0.857 bits per heavy atom. The van der Waals surface area contributed by atoms with E-state index in [4.69, 9.17) is 0 Å². The van der Waals surface area contributed by atoms with E-state index in [2.05, 4.69) is 5.32 Å². The Hall–Kier alpha value is -2.14. The van der Waals surface area contributed by atoms with Gasteiger partial charge in [-0.25, -0.2) is 8.42 Å². The molecule has 0 aliphatic rings. The lowest BCUT2D eigenvalue weighted by Gasteiger charge is -2.11. The second-order valence-electron chi connectivity index (χ2n) is 7.65. The highest BCUT2D eigenvalue weighted by Gasteiger charge is 2.16. The molecule has 0 heterocycles. The van der Waals surface area contributed by atoms with Crippen LogP contribution in [-0.4, -0.2) is 25.6 Å². The summed E-state index contributed by atoms with van der Waals surface area (Å²) in [5.41, 5.74) is 3.85. The molecule has 0 aliphatic carbocycles. The molecule has 0 spiro atoms. The Kier molecular flexibility index (Phi) is 7.81. The van der Waals surface area contributed by atoms with Gasteiger partial charge < -0.3 is 5.32 Å². The third kappa shape index (κ3) is 6.48. The Bertz CT molecular complexity index is 869. The van der Waals surface area contributed by atoms with Crippen LogP contribution in [-0.2, 0) is 28.4 Å². The van der Waals surface area contributed by atoms with E-state index in [1.54, 1.807) is 13.8 Å². The summed E-state index contributed by atoms with van der Waals surface area (Å²) >= 11 is 0. The average molecular weight is 402 g/mol. The van der Waals surface area contributed by atoms with Crippen LogP contribution >= 0.6 is 0 Å². The number of hydrogen-bond acceptors (Lipinski definition) is 3. The minimum atomic E-state index is -3.07. The summed E-state index contributed by atoms with van der Waals surface area (Å²) in [7, 11) is -3.07. The van der Waals surface area contributed by atoms with E-state index >= 15 is 0 Å². The topological polar surface area (TPSA) is 63.2 Å². The zero-order chi connectivity index (χ0) is 20.7. The fraction of sp³-hybridized carbons (Fsp3) is 0.435. The van der Waals surface area contributed by atoms with Gasteiger partial charge in [0.1, 0.15) is 0 Å². The van der Waals surface area contributed by atoms with Crippen LogP contribution in [0.5, 0.6) is 0 Å². The average Bonchev–Trinajstić information content (AvgIpc) is 2.67. The lowest BCUT2D eigenvalue weighted by atomic mass is 10.0. The summed E-state index contributed by atoms with van der Waals surface area (Å²) in [6.45, 7) is 7.46. The van der Waals surface area contributed by atoms with E-state index in [1.807, 2.05) is 62.4 Å². The summed E-state index contributed by atoms with van der Waals surface area (Å²) in [6.07, 6.45) is 2.65. The van der Waals surface area contributed by atoms with Crippen LogP contribution in [0.1, 0.15) is 61.2 Å². The molecule has 28 heavy (non-hydrogen) atoms. The van der Waals surface area contributed by atoms with Crippen molar-refractivity contribution in [2.75, 3.05) is 0 Å². The molecular weight excluding hydrogens is 370 g/mol. The van der Waals surface area contributed by atoms with Gasteiger partial charge in [-0.2, -0.15) is 0 Å². The van der Waals surface area contributed by atoms with Gasteiger partial charge in [-0.3, -0.25) is 4.79 Å². The van der Waals surface area contributed by atoms with E-state index in [0.29, 0.717) is 5.56 Å². The molecule has 2 rings (SSSR count). The number of benzene rings is 2. The van der Waals surface area contributed by atoms with Crippen molar-refractivity contribution >= 4 is 15.7 Å². The molecule has 2 aromatic rings. The summed E-state index contributed by atoms with van der Waals surface area (Å²) < 4.78 is 24.0. The fourth-order valence-corrected chi connectivity index (χ4v) is 3.71. The molecule has 0 saturated heterocycles. The summed E-state index contributed by atoms with van der Waals surface area (Å²) in [6, 6.07) is 15.7. The van der Waals surface area contributed by atoms with Gasteiger partial charge in [-0.05, 0) is 68.9 Å². The fourth-order valence-electron chi connectivity index (χ4n) is 2.72. The number of carbonyl (C=O) groups excluding carboxylic acids is 1. The maximum atomic E-state index is 12.1. The maximum Gasteiger partial charge on any atom is 0.251 e. The first-order chi connectivity index (χ1) is 13.2. The van der Waals surface area contributed by atoms with Crippen molar-refractivity contribution in [3.63, 3.8) is 0 Å². The van der Waals surface area contributed by atoms with Crippen LogP contribution in [0.4, 0.5) is 0 Å².